The first kappa shape index (κ1) is 15.0. The van der Waals surface area contributed by atoms with Crippen LogP contribution in [-0.4, -0.2) is 8.42 Å². The Morgan fingerprint density at radius 1 is 1.19 bits per heavy atom. The van der Waals surface area contributed by atoms with Gasteiger partial charge in [-0.3, -0.25) is 0 Å². The van der Waals surface area contributed by atoms with Crippen LogP contribution in [0.5, 0.6) is 0 Å². The number of hydrogen-bond acceptors (Lipinski definition) is 4. The highest BCUT2D eigenvalue weighted by molar-refractivity contribution is 7.89. The topological polar surface area (TPSA) is 96.0 Å². The number of benzene rings is 2. The van der Waals surface area contributed by atoms with Gasteiger partial charge in [-0.1, -0.05) is 12.1 Å². The normalized spacial score (nSPS) is 11.0. The fraction of sp³-hybridized carbons (Fsp3) is 0.0714. The Morgan fingerprint density at radius 3 is 2.48 bits per heavy atom. The molecule has 0 heterocycles. The van der Waals surface area contributed by atoms with Crippen LogP contribution in [0.15, 0.2) is 47.4 Å². The molecule has 0 aliphatic rings. The fourth-order valence-corrected chi connectivity index (χ4v) is 2.70. The highest BCUT2D eigenvalue weighted by atomic mass is 32.2. The lowest BCUT2D eigenvalue weighted by atomic mass is 10.2. The highest BCUT2D eigenvalue weighted by Gasteiger charge is 2.16. The van der Waals surface area contributed by atoms with E-state index in [0.29, 0.717) is 5.69 Å². The van der Waals surface area contributed by atoms with Gasteiger partial charge in [-0.2, -0.15) is 5.26 Å². The summed E-state index contributed by atoms with van der Waals surface area (Å²) in [5.41, 5.74) is 6.54. The summed E-state index contributed by atoms with van der Waals surface area (Å²) in [6, 6.07) is 11.4. The first-order chi connectivity index (χ1) is 9.92. The minimum atomic E-state index is -3.82. The van der Waals surface area contributed by atoms with Crippen LogP contribution in [0.3, 0.4) is 0 Å². The average Bonchev–Trinajstić information content (AvgIpc) is 2.47. The van der Waals surface area contributed by atoms with Crippen LogP contribution in [0.25, 0.3) is 0 Å². The first-order valence-electron chi connectivity index (χ1n) is 5.96. The van der Waals surface area contributed by atoms with Crippen molar-refractivity contribution in [3.8, 4) is 6.07 Å². The van der Waals surface area contributed by atoms with Crippen molar-refractivity contribution in [2.24, 2.45) is 0 Å². The molecule has 0 amide bonds. The van der Waals surface area contributed by atoms with Gasteiger partial charge in [-0.25, -0.2) is 17.5 Å². The molecule has 0 aliphatic carbocycles. The van der Waals surface area contributed by atoms with Gasteiger partial charge in [-0.15, -0.1) is 0 Å². The number of rotatable bonds is 4. The molecule has 0 saturated heterocycles. The molecule has 0 unspecified atom stereocenters. The van der Waals surface area contributed by atoms with E-state index >= 15 is 0 Å². The number of hydrogen-bond donors (Lipinski definition) is 2. The zero-order valence-corrected chi connectivity index (χ0v) is 11.7. The standard InChI is InChI=1S/C14H12FN3O2S/c15-14-6-5-13(7-11(14)8-16)21(19,20)18-9-10-1-3-12(17)4-2-10/h1-7,18H,9,17H2. The molecule has 0 saturated carbocycles. The van der Waals surface area contributed by atoms with Crippen molar-refractivity contribution < 1.29 is 12.8 Å². The van der Waals surface area contributed by atoms with E-state index in [-0.39, 0.29) is 17.0 Å². The number of nitrogens with two attached hydrogens (primary N) is 1. The summed E-state index contributed by atoms with van der Waals surface area (Å²) in [6.07, 6.45) is 0. The summed E-state index contributed by atoms with van der Waals surface area (Å²) in [5.74, 6) is -0.755. The zero-order chi connectivity index (χ0) is 15.5. The molecule has 2 aromatic rings. The number of nitrogen functional groups attached to an aromatic ring is 1. The van der Waals surface area contributed by atoms with Crippen molar-refractivity contribution in [1.29, 1.82) is 5.26 Å². The quantitative estimate of drug-likeness (QED) is 0.841. The molecule has 21 heavy (non-hydrogen) atoms. The van der Waals surface area contributed by atoms with Crippen molar-refractivity contribution in [2.45, 2.75) is 11.4 Å². The maximum absolute atomic E-state index is 13.2. The second-order valence-electron chi connectivity index (χ2n) is 4.32. The number of sulfonamides is 1. The van der Waals surface area contributed by atoms with Gasteiger partial charge in [-0.05, 0) is 35.9 Å². The molecular formula is C14H12FN3O2S. The van der Waals surface area contributed by atoms with Gasteiger partial charge in [0.05, 0.1) is 10.5 Å². The number of nitrogens with zero attached hydrogens (tertiary/aromatic N) is 1. The molecule has 0 bridgehead atoms. The highest BCUT2D eigenvalue weighted by Crippen LogP contribution is 2.15. The summed E-state index contributed by atoms with van der Waals surface area (Å²) in [6.45, 7) is 0.0713. The van der Waals surface area contributed by atoms with Crippen molar-refractivity contribution in [3.05, 3.63) is 59.4 Å². The van der Waals surface area contributed by atoms with Crippen LogP contribution in [0.2, 0.25) is 0 Å². The van der Waals surface area contributed by atoms with E-state index in [0.717, 1.165) is 23.8 Å². The van der Waals surface area contributed by atoms with Crippen LogP contribution in [0.4, 0.5) is 10.1 Å². The lowest BCUT2D eigenvalue weighted by Gasteiger charge is -2.07. The van der Waals surface area contributed by atoms with Crippen molar-refractivity contribution in [3.63, 3.8) is 0 Å². The van der Waals surface area contributed by atoms with Gasteiger partial charge in [0.25, 0.3) is 0 Å². The third-order valence-electron chi connectivity index (χ3n) is 2.81. The third kappa shape index (κ3) is 3.56. The molecule has 2 aromatic carbocycles. The minimum Gasteiger partial charge on any atom is -0.399 e. The SMILES string of the molecule is N#Cc1cc(S(=O)(=O)NCc2ccc(N)cc2)ccc1F. The number of anilines is 1. The first-order valence-corrected chi connectivity index (χ1v) is 7.44. The predicted molar refractivity (Wildman–Crippen MR) is 76.0 cm³/mol. The Hall–Kier alpha value is -2.43. The smallest absolute Gasteiger partial charge is 0.240 e. The Labute approximate surface area is 121 Å². The molecule has 3 N–H and O–H groups in total. The molecule has 0 aromatic heterocycles. The molecule has 108 valence electrons. The maximum Gasteiger partial charge on any atom is 0.240 e. The third-order valence-corrected chi connectivity index (χ3v) is 4.21. The van der Waals surface area contributed by atoms with E-state index in [1.165, 1.54) is 0 Å². The van der Waals surface area contributed by atoms with E-state index in [4.69, 9.17) is 11.0 Å². The van der Waals surface area contributed by atoms with E-state index < -0.39 is 15.8 Å². The molecular weight excluding hydrogens is 293 g/mol. The number of halogens is 1. The van der Waals surface area contributed by atoms with E-state index in [9.17, 15) is 12.8 Å². The van der Waals surface area contributed by atoms with Crippen LogP contribution < -0.4 is 10.5 Å². The van der Waals surface area contributed by atoms with Gasteiger partial charge < -0.3 is 5.73 Å². The van der Waals surface area contributed by atoms with Gasteiger partial charge in [0.1, 0.15) is 11.9 Å². The summed E-state index contributed by atoms with van der Waals surface area (Å²) >= 11 is 0. The maximum atomic E-state index is 13.2. The Morgan fingerprint density at radius 2 is 1.86 bits per heavy atom. The molecule has 0 atom stereocenters. The van der Waals surface area contributed by atoms with Crippen LogP contribution in [0, 0.1) is 17.1 Å². The van der Waals surface area contributed by atoms with Crippen molar-refractivity contribution >= 4 is 15.7 Å². The van der Waals surface area contributed by atoms with Crippen LogP contribution >= 0.6 is 0 Å². The fourth-order valence-electron chi connectivity index (χ4n) is 1.65. The molecule has 7 heteroatoms. The van der Waals surface area contributed by atoms with Crippen molar-refractivity contribution in [1.82, 2.24) is 4.72 Å². The average molecular weight is 305 g/mol. The minimum absolute atomic E-state index is 0.0713. The predicted octanol–water partition coefficient (Wildman–Crippen LogP) is 1.76. The van der Waals surface area contributed by atoms with Crippen molar-refractivity contribution in [2.75, 3.05) is 5.73 Å². The van der Waals surface area contributed by atoms with E-state index in [1.807, 2.05) is 0 Å². The zero-order valence-electron chi connectivity index (χ0n) is 10.9. The number of nitrogens with one attached hydrogen (secondary N) is 1. The monoisotopic (exact) mass is 305 g/mol. The second-order valence-corrected chi connectivity index (χ2v) is 6.09. The summed E-state index contributed by atoms with van der Waals surface area (Å²) in [7, 11) is -3.82. The molecule has 2 rings (SSSR count). The van der Waals surface area contributed by atoms with E-state index in [2.05, 4.69) is 4.72 Å². The largest absolute Gasteiger partial charge is 0.399 e. The van der Waals surface area contributed by atoms with Gasteiger partial charge in [0.2, 0.25) is 10.0 Å². The summed E-state index contributed by atoms with van der Waals surface area (Å²) < 4.78 is 39.7. The lowest BCUT2D eigenvalue weighted by Crippen LogP contribution is -2.23. The van der Waals surface area contributed by atoms with Gasteiger partial charge >= 0.3 is 0 Å². The Bertz CT molecular complexity index is 796. The lowest BCUT2D eigenvalue weighted by molar-refractivity contribution is 0.580. The summed E-state index contributed by atoms with van der Waals surface area (Å²) in [4.78, 5) is -0.157. The number of nitriles is 1. The molecule has 5 nitrogen and oxygen atoms in total. The van der Waals surface area contributed by atoms with Gasteiger partial charge in [0, 0.05) is 12.2 Å². The molecule has 0 spiro atoms. The Balaban J connectivity index is 2.19. The van der Waals surface area contributed by atoms with Crippen LogP contribution in [0.1, 0.15) is 11.1 Å². The van der Waals surface area contributed by atoms with Gasteiger partial charge in [0.15, 0.2) is 0 Å². The molecule has 0 fully saturated rings. The Kier molecular flexibility index (Phi) is 4.21. The molecule has 0 aliphatic heterocycles. The molecule has 0 radical (unpaired) electrons. The van der Waals surface area contributed by atoms with Crippen LogP contribution in [-0.2, 0) is 16.6 Å². The summed E-state index contributed by atoms with van der Waals surface area (Å²) in [5, 5.41) is 8.73. The second kappa shape index (κ2) is 5.91. The van der Waals surface area contributed by atoms with E-state index in [1.54, 1.807) is 30.3 Å².